The van der Waals surface area contributed by atoms with E-state index in [9.17, 15) is 9.59 Å². The average molecular weight is 612 g/mol. The zero-order valence-electron chi connectivity index (χ0n) is 26.2. The highest BCUT2D eigenvalue weighted by Gasteiger charge is 2.32. The summed E-state index contributed by atoms with van der Waals surface area (Å²) in [6.45, 7) is 6.96. The van der Waals surface area contributed by atoms with Gasteiger partial charge < -0.3 is 29.0 Å². The SMILES string of the molecule is COc1cc2c(c(F)c1OC)C(=N)N(CC(=O)CCc1cc(OCCCC#N)c(OCCCCC(=O)O)c(C(C)(C)C)c1)C2. The van der Waals surface area contributed by atoms with Crippen molar-refractivity contribution in [3.8, 4) is 29.1 Å². The number of rotatable bonds is 17. The van der Waals surface area contributed by atoms with Gasteiger partial charge in [-0.3, -0.25) is 15.0 Å². The van der Waals surface area contributed by atoms with Crippen LogP contribution in [0.1, 0.15) is 81.5 Å². The van der Waals surface area contributed by atoms with Crippen LogP contribution in [0.3, 0.4) is 0 Å². The number of carboxylic acids is 1. The summed E-state index contributed by atoms with van der Waals surface area (Å²) in [6.07, 6.45) is 2.64. The van der Waals surface area contributed by atoms with Crippen molar-refractivity contribution in [2.45, 2.75) is 77.7 Å². The van der Waals surface area contributed by atoms with Gasteiger partial charge in [0.15, 0.2) is 34.6 Å². The quantitative estimate of drug-likeness (QED) is 0.212. The van der Waals surface area contributed by atoms with Crippen molar-refractivity contribution in [2.24, 2.45) is 0 Å². The molecule has 0 aromatic heterocycles. The minimum atomic E-state index is -0.848. The lowest BCUT2D eigenvalue weighted by molar-refractivity contribution is -0.137. The molecule has 2 aromatic rings. The minimum Gasteiger partial charge on any atom is -0.493 e. The summed E-state index contributed by atoms with van der Waals surface area (Å²) in [5, 5.41) is 26.4. The van der Waals surface area contributed by atoms with E-state index in [-0.39, 0.29) is 60.0 Å². The third kappa shape index (κ3) is 8.62. The Kier molecular flexibility index (Phi) is 12.0. The second kappa shape index (κ2) is 15.4. The van der Waals surface area contributed by atoms with Crippen LogP contribution in [0.4, 0.5) is 4.39 Å². The van der Waals surface area contributed by atoms with Gasteiger partial charge in [-0.2, -0.15) is 5.26 Å². The van der Waals surface area contributed by atoms with Crippen LogP contribution < -0.4 is 18.9 Å². The fraction of sp³-hybridized carbons (Fsp3) is 0.515. The molecule has 238 valence electrons. The fourth-order valence-corrected chi connectivity index (χ4v) is 5.04. The van der Waals surface area contributed by atoms with Crippen LogP contribution in [-0.2, 0) is 28.0 Å². The molecule has 44 heavy (non-hydrogen) atoms. The highest BCUT2D eigenvalue weighted by molar-refractivity contribution is 6.03. The number of nitriles is 1. The predicted molar refractivity (Wildman–Crippen MR) is 163 cm³/mol. The molecule has 2 aromatic carbocycles. The second-order valence-electron chi connectivity index (χ2n) is 11.7. The number of fused-ring (bicyclic) bond motifs is 1. The van der Waals surface area contributed by atoms with Gasteiger partial charge in [-0.15, -0.1) is 0 Å². The monoisotopic (exact) mass is 611 g/mol. The maximum absolute atomic E-state index is 15.1. The molecule has 1 aliphatic heterocycles. The summed E-state index contributed by atoms with van der Waals surface area (Å²) in [4.78, 5) is 25.5. The van der Waals surface area contributed by atoms with Crippen molar-refractivity contribution in [1.82, 2.24) is 4.90 Å². The minimum absolute atomic E-state index is 0.0429. The molecule has 0 saturated carbocycles. The topological polar surface area (TPSA) is 142 Å². The Morgan fingerprint density at radius 1 is 1.02 bits per heavy atom. The van der Waals surface area contributed by atoms with Crippen molar-refractivity contribution < 1.29 is 38.0 Å². The van der Waals surface area contributed by atoms with E-state index < -0.39 is 11.8 Å². The molecule has 0 unspecified atom stereocenters. The number of ether oxygens (including phenoxy) is 4. The number of nitrogens with zero attached hydrogens (tertiary/aromatic N) is 2. The summed E-state index contributed by atoms with van der Waals surface area (Å²) >= 11 is 0. The van der Waals surface area contributed by atoms with Crippen molar-refractivity contribution in [1.29, 1.82) is 10.7 Å². The van der Waals surface area contributed by atoms with E-state index in [4.69, 9.17) is 34.7 Å². The standard InChI is InChI=1S/C33H42FN3O7/c1-33(2,3)24-16-21(17-26(43-14-9-7-13-35)30(24)44-15-8-6-10-27(39)40)11-12-23(38)20-37-19-22-18-25(41-4)31(42-5)29(34)28(22)32(37)36/h16-18,36H,6-12,14-15,19-20H2,1-5H3,(H,39,40). The Labute approximate surface area is 258 Å². The third-order valence-corrected chi connectivity index (χ3v) is 7.31. The molecule has 3 rings (SSSR count). The Morgan fingerprint density at radius 3 is 2.39 bits per heavy atom. The van der Waals surface area contributed by atoms with Crippen molar-refractivity contribution in [3.63, 3.8) is 0 Å². The summed E-state index contributed by atoms with van der Waals surface area (Å²) in [7, 11) is 2.75. The smallest absolute Gasteiger partial charge is 0.303 e. The van der Waals surface area contributed by atoms with Gasteiger partial charge in [0.05, 0.1) is 45.6 Å². The van der Waals surface area contributed by atoms with Crippen molar-refractivity contribution in [2.75, 3.05) is 34.0 Å². The van der Waals surface area contributed by atoms with Gasteiger partial charge in [0.2, 0.25) is 0 Å². The van der Waals surface area contributed by atoms with E-state index in [2.05, 4.69) is 6.07 Å². The number of aryl methyl sites for hydroxylation is 1. The van der Waals surface area contributed by atoms with Gasteiger partial charge in [0, 0.05) is 31.4 Å². The summed E-state index contributed by atoms with van der Waals surface area (Å²) < 4.78 is 37.7. The molecule has 10 nitrogen and oxygen atoms in total. The van der Waals surface area contributed by atoms with E-state index in [1.54, 1.807) is 11.0 Å². The second-order valence-corrected chi connectivity index (χ2v) is 11.7. The van der Waals surface area contributed by atoms with E-state index in [1.165, 1.54) is 14.2 Å². The Hall–Kier alpha value is -4.33. The number of carbonyl (C=O) groups excluding carboxylic acids is 1. The number of Topliss-reactive ketones (excluding diaryl/α,β-unsaturated/α-hetero) is 1. The maximum atomic E-state index is 15.1. The largest absolute Gasteiger partial charge is 0.493 e. The molecule has 11 heteroatoms. The number of methoxy groups -OCH3 is 2. The van der Waals surface area contributed by atoms with Crippen molar-refractivity contribution in [3.05, 3.63) is 46.3 Å². The highest BCUT2D eigenvalue weighted by atomic mass is 19.1. The number of amidine groups is 1. The van der Waals surface area contributed by atoms with E-state index >= 15 is 4.39 Å². The summed E-state index contributed by atoms with van der Waals surface area (Å²) in [6, 6.07) is 7.60. The lowest BCUT2D eigenvalue weighted by Gasteiger charge is -2.26. The first-order valence-corrected chi connectivity index (χ1v) is 14.7. The molecule has 0 bridgehead atoms. The molecule has 0 fully saturated rings. The molecular formula is C33H42FN3O7. The molecule has 2 N–H and O–H groups in total. The number of hydrogen-bond acceptors (Lipinski definition) is 8. The molecule has 0 spiro atoms. The number of benzene rings is 2. The number of halogens is 1. The number of aliphatic carboxylic acids is 1. The number of ketones is 1. The normalized spacial score (nSPS) is 12.5. The average Bonchev–Trinajstić information content (AvgIpc) is 3.28. The maximum Gasteiger partial charge on any atom is 0.303 e. The molecule has 0 aliphatic carbocycles. The summed E-state index contributed by atoms with van der Waals surface area (Å²) in [5.74, 6) is -0.436. The Morgan fingerprint density at radius 2 is 1.75 bits per heavy atom. The van der Waals surface area contributed by atoms with Gasteiger partial charge in [0.25, 0.3) is 0 Å². The number of carboxylic acid groups (broad SMARTS) is 1. The van der Waals surface area contributed by atoms with Crippen LogP contribution in [0.2, 0.25) is 0 Å². The zero-order valence-corrected chi connectivity index (χ0v) is 26.2. The third-order valence-electron chi connectivity index (χ3n) is 7.31. The molecule has 0 radical (unpaired) electrons. The van der Waals surface area contributed by atoms with Crippen LogP contribution >= 0.6 is 0 Å². The zero-order chi connectivity index (χ0) is 32.4. The van der Waals surface area contributed by atoms with E-state index in [0.29, 0.717) is 62.4 Å². The van der Waals surface area contributed by atoms with Crippen molar-refractivity contribution >= 4 is 17.6 Å². The van der Waals surface area contributed by atoms with Crippen LogP contribution in [0.25, 0.3) is 0 Å². The number of unbranched alkanes of at least 4 members (excludes halogenated alkanes) is 2. The van der Waals surface area contributed by atoms with Gasteiger partial charge >= 0.3 is 5.97 Å². The molecule has 0 amide bonds. The lowest BCUT2D eigenvalue weighted by Crippen LogP contribution is -2.30. The molecule has 0 saturated heterocycles. The first-order valence-electron chi connectivity index (χ1n) is 14.7. The summed E-state index contributed by atoms with van der Waals surface area (Å²) in [5.41, 5.74) is 2.11. The highest BCUT2D eigenvalue weighted by Crippen LogP contribution is 2.41. The Balaban J connectivity index is 1.76. The first kappa shape index (κ1) is 34.2. The predicted octanol–water partition coefficient (Wildman–Crippen LogP) is 5.80. The van der Waals surface area contributed by atoms with Gasteiger partial charge in [-0.1, -0.05) is 26.8 Å². The molecule has 1 aliphatic rings. The van der Waals surface area contributed by atoms with Gasteiger partial charge in [-0.05, 0) is 54.4 Å². The van der Waals surface area contributed by atoms with E-state index in [1.807, 2.05) is 32.9 Å². The van der Waals surface area contributed by atoms with Gasteiger partial charge in [0.1, 0.15) is 5.84 Å². The van der Waals surface area contributed by atoms with Gasteiger partial charge in [-0.25, -0.2) is 4.39 Å². The molecular weight excluding hydrogens is 569 g/mol. The van der Waals surface area contributed by atoms with Crippen LogP contribution in [0, 0.1) is 22.6 Å². The molecule has 0 atom stereocenters. The number of hydrogen-bond donors (Lipinski definition) is 2. The lowest BCUT2D eigenvalue weighted by atomic mass is 9.84. The van der Waals surface area contributed by atoms with Crippen LogP contribution in [-0.4, -0.2) is 61.6 Å². The number of carbonyl (C=O) groups is 2. The number of nitrogens with one attached hydrogen (secondary N) is 1. The molecule has 1 heterocycles. The Bertz CT molecular complexity index is 1410. The van der Waals surface area contributed by atoms with Crippen LogP contribution in [0.15, 0.2) is 18.2 Å². The fourth-order valence-electron chi connectivity index (χ4n) is 5.04. The van der Waals surface area contributed by atoms with Crippen LogP contribution in [0.5, 0.6) is 23.0 Å². The first-order chi connectivity index (χ1) is 20.9. The van der Waals surface area contributed by atoms with E-state index in [0.717, 1.165) is 11.1 Å².